The topological polar surface area (TPSA) is 93.4 Å². The van der Waals surface area contributed by atoms with Crippen molar-refractivity contribution in [2.75, 3.05) is 6.61 Å². The highest BCUT2D eigenvalue weighted by Gasteiger charge is 2.14. The van der Waals surface area contributed by atoms with Crippen LogP contribution in [-0.2, 0) is 9.59 Å². The summed E-state index contributed by atoms with van der Waals surface area (Å²) in [6.07, 6.45) is 0. The van der Waals surface area contributed by atoms with E-state index >= 15 is 0 Å². The van der Waals surface area contributed by atoms with Crippen LogP contribution in [0.15, 0.2) is 24.3 Å². The minimum Gasteiger partial charge on any atom is -0.484 e. The fourth-order valence-corrected chi connectivity index (χ4v) is 1.33. The normalized spacial score (nSPS) is 11.5. The molecule has 0 heterocycles. The minimum atomic E-state index is -0.691. The molecule has 0 aromatic heterocycles. The average Bonchev–Trinajstić information content (AvgIpc) is 2.35. The lowest BCUT2D eigenvalue weighted by Crippen LogP contribution is -2.48. The van der Waals surface area contributed by atoms with Crippen molar-refractivity contribution in [2.45, 2.75) is 19.9 Å². The predicted octanol–water partition coefficient (Wildman–Crippen LogP) is -0.132. The molecule has 1 aromatic carbocycles. The fraction of sp³-hybridized carbons (Fsp3) is 0.333. The molecule has 0 saturated heterocycles. The minimum absolute atomic E-state index is 0.147. The molecule has 98 valence electrons. The molecule has 6 nitrogen and oxygen atoms in total. The molecular formula is C12H17N3O3. The number of nitrogens with one attached hydrogen (secondary N) is 2. The Balaban J connectivity index is 2.40. The van der Waals surface area contributed by atoms with Crippen LogP contribution in [0.2, 0.25) is 0 Å². The van der Waals surface area contributed by atoms with E-state index in [-0.39, 0.29) is 12.5 Å². The zero-order valence-corrected chi connectivity index (χ0v) is 10.4. The van der Waals surface area contributed by atoms with Crippen LogP contribution < -0.4 is 21.3 Å². The Labute approximate surface area is 105 Å². The summed E-state index contributed by atoms with van der Waals surface area (Å²) in [5.41, 5.74) is 3.00. The first-order valence-electron chi connectivity index (χ1n) is 5.52. The Morgan fingerprint density at radius 1 is 1.44 bits per heavy atom. The van der Waals surface area contributed by atoms with Crippen molar-refractivity contribution in [3.63, 3.8) is 0 Å². The summed E-state index contributed by atoms with van der Waals surface area (Å²) in [5.74, 6) is 4.72. The molecule has 0 aliphatic heterocycles. The molecule has 1 atom stereocenters. The number of ether oxygens (including phenoxy) is 1. The molecule has 0 aliphatic rings. The van der Waals surface area contributed by atoms with Crippen LogP contribution in [0.1, 0.15) is 12.5 Å². The van der Waals surface area contributed by atoms with E-state index in [9.17, 15) is 9.59 Å². The number of hydrazine groups is 1. The predicted molar refractivity (Wildman–Crippen MR) is 66.6 cm³/mol. The molecule has 0 fully saturated rings. The second-order valence-electron chi connectivity index (χ2n) is 3.90. The lowest BCUT2D eigenvalue weighted by atomic mass is 10.2. The molecule has 2 amide bonds. The third-order valence-corrected chi connectivity index (χ3v) is 2.27. The van der Waals surface area contributed by atoms with Gasteiger partial charge in [-0.1, -0.05) is 12.1 Å². The summed E-state index contributed by atoms with van der Waals surface area (Å²) in [5, 5.41) is 2.46. The van der Waals surface area contributed by atoms with E-state index in [1.807, 2.05) is 30.5 Å². The largest absolute Gasteiger partial charge is 0.484 e. The van der Waals surface area contributed by atoms with Gasteiger partial charge in [-0.25, -0.2) is 5.84 Å². The number of aryl methyl sites for hydroxylation is 1. The van der Waals surface area contributed by atoms with Gasteiger partial charge in [0.2, 0.25) is 0 Å². The van der Waals surface area contributed by atoms with Crippen molar-refractivity contribution in [1.29, 1.82) is 0 Å². The molecule has 0 spiro atoms. The van der Waals surface area contributed by atoms with Crippen molar-refractivity contribution in [3.8, 4) is 5.75 Å². The summed E-state index contributed by atoms with van der Waals surface area (Å²) in [6, 6.07) is 6.66. The zero-order chi connectivity index (χ0) is 13.5. The van der Waals surface area contributed by atoms with Crippen LogP contribution >= 0.6 is 0 Å². The van der Waals surface area contributed by atoms with Gasteiger partial charge in [-0.05, 0) is 31.5 Å². The van der Waals surface area contributed by atoms with Gasteiger partial charge in [-0.2, -0.15) is 0 Å². The van der Waals surface area contributed by atoms with E-state index in [2.05, 4.69) is 5.32 Å². The highest BCUT2D eigenvalue weighted by Crippen LogP contribution is 2.11. The van der Waals surface area contributed by atoms with Gasteiger partial charge in [0.05, 0.1) is 0 Å². The number of hydrogen-bond donors (Lipinski definition) is 3. The highest BCUT2D eigenvalue weighted by molar-refractivity contribution is 5.87. The molecule has 18 heavy (non-hydrogen) atoms. The number of rotatable bonds is 5. The standard InChI is InChI=1S/C12H17N3O3/c1-8-4-3-5-10(6-8)18-7-11(16)14-9(2)12(17)15-13/h3-6,9H,7,13H2,1-2H3,(H,14,16)(H,15,17)/t9-/m0/s1. The van der Waals surface area contributed by atoms with E-state index in [1.165, 1.54) is 6.92 Å². The molecule has 0 radical (unpaired) electrons. The van der Waals surface area contributed by atoms with Gasteiger partial charge in [-0.15, -0.1) is 0 Å². The first-order chi connectivity index (χ1) is 8.52. The first kappa shape index (κ1) is 14.0. The highest BCUT2D eigenvalue weighted by atomic mass is 16.5. The van der Waals surface area contributed by atoms with E-state index in [1.54, 1.807) is 6.07 Å². The first-order valence-corrected chi connectivity index (χ1v) is 5.52. The maximum atomic E-state index is 11.5. The third-order valence-electron chi connectivity index (χ3n) is 2.27. The number of carbonyl (C=O) groups is 2. The van der Waals surface area contributed by atoms with Crippen molar-refractivity contribution in [3.05, 3.63) is 29.8 Å². The smallest absolute Gasteiger partial charge is 0.258 e. The van der Waals surface area contributed by atoms with Gasteiger partial charge in [0, 0.05) is 0 Å². The Morgan fingerprint density at radius 3 is 2.78 bits per heavy atom. The lowest BCUT2D eigenvalue weighted by Gasteiger charge is -2.12. The van der Waals surface area contributed by atoms with Crippen LogP contribution in [0.4, 0.5) is 0 Å². The van der Waals surface area contributed by atoms with Crippen LogP contribution in [0, 0.1) is 6.92 Å². The Hall–Kier alpha value is -2.08. The van der Waals surface area contributed by atoms with Crippen LogP contribution in [0.25, 0.3) is 0 Å². The third kappa shape index (κ3) is 4.42. The molecule has 1 rings (SSSR count). The fourth-order valence-electron chi connectivity index (χ4n) is 1.33. The van der Waals surface area contributed by atoms with Crippen LogP contribution in [0.3, 0.4) is 0 Å². The zero-order valence-electron chi connectivity index (χ0n) is 10.4. The van der Waals surface area contributed by atoms with Gasteiger partial charge >= 0.3 is 0 Å². The summed E-state index contributed by atoms with van der Waals surface area (Å²) in [6.45, 7) is 3.32. The second-order valence-corrected chi connectivity index (χ2v) is 3.90. The van der Waals surface area contributed by atoms with Crippen LogP contribution in [0.5, 0.6) is 5.75 Å². The number of benzene rings is 1. The summed E-state index contributed by atoms with van der Waals surface area (Å²) in [7, 11) is 0. The quantitative estimate of drug-likeness (QED) is 0.386. The van der Waals surface area contributed by atoms with E-state index in [0.717, 1.165) is 5.56 Å². The molecule has 0 saturated carbocycles. The summed E-state index contributed by atoms with van der Waals surface area (Å²) >= 11 is 0. The Kier molecular flexibility index (Phi) is 5.13. The number of hydrogen-bond acceptors (Lipinski definition) is 4. The Morgan fingerprint density at radius 2 is 2.17 bits per heavy atom. The van der Waals surface area contributed by atoms with Gasteiger partial charge in [0.15, 0.2) is 6.61 Å². The number of carbonyl (C=O) groups excluding carboxylic acids is 2. The second kappa shape index (κ2) is 6.61. The van der Waals surface area contributed by atoms with E-state index in [0.29, 0.717) is 5.75 Å². The monoisotopic (exact) mass is 251 g/mol. The summed E-state index contributed by atoms with van der Waals surface area (Å²) < 4.78 is 5.29. The van der Waals surface area contributed by atoms with Gasteiger partial charge < -0.3 is 10.1 Å². The lowest BCUT2D eigenvalue weighted by molar-refractivity contribution is -0.129. The van der Waals surface area contributed by atoms with Gasteiger partial charge in [-0.3, -0.25) is 15.0 Å². The Bertz CT molecular complexity index is 434. The molecule has 1 aromatic rings. The van der Waals surface area contributed by atoms with Crippen molar-refractivity contribution in [1.82, 2.24) is 10.7 Å². The van der Waals surface area contributed by atoms with Crippen molar-refractivity contribution in [2.24, 2.45) is 5.84 Å². The molecule has 0 bridgehead atoms. The molecule has 0 aliphatic carbocycles. The summed E-state index contributed by atoms with van der Waals surface area (Å²) in [4.78, 5) is 22.5. The molecule has 4 N–H and O–H groups in total. The van der Waals surface area contributed by atoms with Gasteiger partial charge in [0.25, 0.3) is 11.8 Å². The van der Waals surface area contributed by atoms with Crippen LogP contribution in [-0.4, -0.2) is 24.5 Å². The SMILES string of the molecule is Cc1cccc(OCC(=O)N[C@@H](C)C(=O)NN)c1. The maximum Gasteiger partial charge on any atom is 0.258 e. The average molecular weight is 251 g/mol. The van der Waals surface area contributed by atoms with E-state index < -0.39 is 11.9 Å². The van der Waals surface area contributed by atoms with E-state index in [4.69, 9.17) is 10.6 Å². The van der Waals surface area contributed by atoms with Gasteiger partial charge in [0.1, 0.15) is 11.8 Å². The molecule has 0 unspecified atom stereocenters. The molecular weight excluding hydrogens is 234 g/mol. The number of amides is 2. The number of nitrogens with two attached hydrogens (primary N) is 1. The van der Waals surface area contributed by atoms with Crippen molar-refractivity contribution >= 4 is 11.8 Å². The van der Waals surface area contributed by atoms with Crippen molar-refractivity contribution < 1.29 is 14.3 Å². The molecule has 6 heteroatoms. The maximum absolute atomic E-state index is 11.5.